The Hall–Kier alpha value is -0.860. The molecule has 2 atom stereocenters. The molecule has 0 N–H and O–H groups in total. The van der Waals surface area contributed by atoms with E-state index in [1.54, 1.807) is 0 Å². The van der Waals surface area contributed by atoms with Gasteiger partial charge >= 0.3 is 11.9 Å². The van der Waals surface area contributed by atoms with Gasteiger partial charge in [-0.25, -0.2) is 0 Å². The second kappa shape index (κ2) is 4.92. The van der Waals surface area contributed by atoms with Crippen molar-refractivity contribution in [2.45, 2.75) is 55.4 Å². The predicted molar refractivity (Wildman–Crippen MR) is 75.3 cm³/mol. The first kappa shape index (κ1) is 16.2. The molecule has 110 valence electrons. The number of rotatable bonds is 4. The Labute approximate surface area is 117 Å². The van der Waals surface area contributed by atoms with Crippen molar-refractivity contribution in [1.82, 2.24) is 0 Å². The topological polar surface area (TPSA) is 43.4 Å². The Bertz CT molecular complexity index is 341. The lowest BCUT2D eigenvalue weighted by Gasteiger charge is -2.42. The van der Waals surface area contributed by atoms with Crippen molar-refractivity contribution in [3.8, 4) is 0 Å². The molecule has 1 aliphatic heterocycles. The lowest BCUT2D eigenvalue weighted by atomic mass is 9.58. The molecule has 0 amide bonds. The molecule has 1 rings (SSSR count). The Kier molecular flexibility index (Phi) is 4.19. The molecule has 3 nitrogen and oxygen atoms in total. The van der Waals surface area contributed by atoms with Crippen molar-refractivity contribution in [2.24, 2.45) is 34.5 Å². The van der Waals surface area contributed by atoms with E-state index in [2.05, 4.69) is 55.4 Å². The zero-order valence-electron chi connectivity index (χ0n) is 13.5. The summed E-state index contributed by atoms with van der Waals surface area (Å²) in [6.45, 7) is 16.6. The highest BCUT2D eigenvalue weighted by molar-refractivity contribution is 5.97. The highest BCUT2D eigenvalue weighted by atomic mass is 16.6. The van der Waals surface area contributed by atoms with Crippen molar-refractivity contribution in [3.05, 3.63) is 0 Å². The quantitative estimate of drug-likeness (QED) is 0.577. The number of cyclic esters (lactones) is 2. The van der Waals surface area contributed by atoms with E-state index in [9.17, 15) is 9.59 Å². The van der Waals surface area contributed by atoms with Crippen LogP contribution in [0.5, 0.6) is 0 Å². The number of ether oxygens (including phenoxy) is 1. The van der Waals surface area contributed by atoms with Crippen LogP contribution >= 0.6 is 0 Å². The zero-order chi connectivity index (χ0) is 15.2. The highest BCUT2D eigenvalue weighted by Crippen LogP contribution is 2.51. The monoisotopic (exact) mass is 268 g/mol. The summed E-state index contributed by atoms with van der Waals surface area (Å²) in [6.07, 6.45) is 0. The van der Waals surface area contributed by atoms with Crippen LogP contribution < -0.4 is 0 Å². The number of hydrogen-bond donors (Lipinski definition) is 0. The summed E-state index contributed by atoms with van der Waals surface area (Å²) >= 11 is 0. The summed E-state index contributed by atoms with van der Waals surface area (Å²) < 4.78 is 4.98. The van der Waals surface area contributed by atoms with E-state index < -0.39 is 0 Å². The molecule has 0 bridgehead atoms. The fourth-order valence-corrected chi connectivity index (χ4v) is 2.68. The van der Waals surface area contributed by atoms with E-state index in [-0.39, 0.29) is 34.6 Å². The number of hydrogen-bond acceptors (Lipinski definition) is 3. The van der Waals surface area contributed by atoms with Gasteiger partial charge in [-0.3, -0.25) is 9.59 Å². The van der Waals surface area contributed by atoms with Gasteiger partial charge in [0.1, 0.15) is 0 Å². The standard InChI is InChI=1S/C16H28O3/c1-9(2)15(5,6)11-12(14(18)19-13(11)17)16(7,8)10(3)4/h9-12H,1-8H3. The van der Waals surface area contributed by atoms with Crippen LogP contribution in [0.4, 0.5) is 0 Å². The number of esters is 2. The lowest BCUT2D eigenvalue weighted by molar-refractivity contribution is -0.155. The van der Waals surface area contributed by atoms with Gasteiger partial charge in [-0.05, 0) is 22.7 Å². The second-order valence-corrected chi connectivity index (χ2v) is 7.65. The maximum atomic E-state index is 12.2. The van der Waals surface area contributed by atoms with Gasteiger partial charge < -0.3 is 4.74 Å². The molecule has 1 saturated heterocycles. The average Bonchev–Trinajstić information content (AvgIpc) is 2.53. The van der Waals surface area contributed by atoms with Crippen molar-refractivity contribution in [1.29, 1.82) is 0 Å². The predicted octanol–water partition coefficient (Wildman–Crippen LogP) is 3.67. The molecule has 1 fully saturated rings. The minimum absolute atomic E-state index is 0.250. The molecular weight excluding hydrogens is 240 g/mol. The minimum Gasteiger partial charge on any atom is -0.393 e. The van der Waals surface area contributed by atoms with Crippen LogP contribution in [0.25, 0.3) is 0 Å². The third-order valence-corrected chi connectivity index (χ3v) is 5.62. The minimum atomic E-state index is -0.350. The maximum absolute atomic E-state index is 12.2. The molecule has 1 heterocycles. The van der Waals surface area contributed by atoms with E-state index in [1.165, 1.54) is 0 Å². The molecule has 0 aromatic rings. The third-order valence-electron chi connectivity index (χ3n) is 5.62. The van der Waals surface area contributed by atoms with Crippen molar-refractivity contribution < 1.29 is 14.3 Å². The molecule has 0 aromatic carbocycles. The SMILES string of the molecule is CC(C)C(C)(C)C1C(=O)OC(=O)C1C(C)(C)C(C)C. The largest absolute Gasteiger partial charge is 0.393 e. The fraction of sp³-hybridized carbons (Fsp3) is 0.875. The Morgan fingerprint density at radius 1 is 0.789 bits per heavy atom. The van der Waals surface area contributed by atoms with Gasteiger partial charge in [-0.1, -0.05) is 55.4 Å². The molecule has 0 saturated carbocycles. The summed E-state index contributed by atoms with van der Waals surface area (Å²) in [6, 6.07) is 0. The summed E-state index contributed by atoms with van der Waals surface area (Å²) in [4.78, 5) is 24.3. The summed E-state index contributed by atoms with van der Waals surface area (Å²) in [5, 5.41) is 0. The average molecular weight is 268 g/mol. The first-order valence-electron chi connectivity index (χ1n) is 7.19. The summed E-state index contributed by atoms with van der Waals surface area (Å²) in [5.74, 6) is -0.775. The Morgan fingerprint density at radius 3 is 1.26 bits per heavy atom. The van der Waals surface area contributed by atoms with Crippen LogP contribution in [-0.2, 0) is 14.3 Å². The van der Waals surface area contributed by atoms with Gasteiger partial charge in [-0.2, -0.15) is 0 Å². The van der Waals surface area contributed by atoms with E-state index in [0.717, 1.165) is 0 Å². The van der Waals surface area contributed by atoms with E-state index in [1.807, 2.05) is 0 Å². The zero-order valence-corrected chi connectivity index (χ0v) is 13.5. The molecule has 2 unspecified atom stereocenters. The van der Waals surface area contributed by atoms with Gasteiger partial charge in [0.15, 0.2) is 0 Å². The van der Waals surface area contributed by atoms with Gasteiger partial charge in [-0.15, -0.1) is 0 Å². The normalized spacial score (nSPS) is 25.4. The fourth-order valence-electron chi connectivity index (χ4n) is 2.68. The van der Waals surface area contributed by atoms with Crippen LogP contribution in [-0.4, -0.2) is 11.9 Å². The van der Waals surface area contributed by atoms with Crippen LogP contribution in [0.3, 0.4) is 0 Å². The van der Waals surface area contributed by atoms with Crippen LogP contribution in [0.1, 0.15) is 55.4 Å². The van der Waals surface area contributed by atoms with Crippen LogP contribution in [0.15, 0.2) is 0 Å². The first-order chi connectivity index (χ1) is 8.44. The van der Waals surface area contributed by atoms with Gasteiger partial charge in [0.25, 0.3) is 0 Å². The van der Waals surface area contributed by atoms with E-state index in [4.69, 9.17) is 4.74 Å². The molecule has 3 heteroatoms. The first-order valence-corrected chi connectivity index (χ1v) is 7.19. The van der Waals surface area contributed by atoms with Crippen LogP contribution in [0.2, 0.25) is 0 Å². The molecular formula is C16H28O3. The smallest absolute Gasteiger partial charge is 0.318 e. The Balaban J connectivity index is 3.28. The van der Waals surface area contributed by atoms with Gasteiger partial charge in [0.05, 0.1) is 11.8 Å². The second-order valence-electron chi connectivity index (χ2n) is 7.65. The highest BCUT2D eigenvalue weighted by Gasteiger charge is 2.58. The Morgan fingerprint density at radius 2 is 1.05 bits per heavy atom. The van der Waals surface area contributed by atoms with Crippen LogP contribution in [0, 0.1) is 34.5 Å². The third kappa shape index (κ3) is 2.56. The van der Waals surface area contributed by atoms with E-state index in [0.29, 0.717) is 11.8 Å². The summed E-state index contributed by atoms with van der Waals surface area (Å²) in [7, 11) is 0. The van der Waals surface area contributed by atoms with Gasteiger partial charge in [0.2, 0.25) is 0 Å². The molecule has 0 aliphatic carbocycles. The number of carbonyl (C=O) groups excluding carboxylic acids is 2. The summed E-state index contributed by atoms with van der Waals surface area (Å²) in [5.41, 5.74) is -0.500. The lowest BCUT2D eigenvalue weighted by Crippen LogP contribution is -2.44. The van der Waals surface area contributed by atoms with Gasteiger partial charge in [0, 0.05) is 0 Å². The molecule has 0 aromatic heterocycles. The van der Waals surface area contributed by atoms with Crippen molar-refractivity contribution in [3.63, 3.8) is 0 Å². The van der Waals surface area contributed by atoms with Crippen molar-refractivity contribution >= 4 is 11.9 Å². The van der Waals surface area contributed by atoms with E-state index >= 15 is 0 Å². The molecule has 1 aliphatic rings. The van der Waals surface area contributed by atoms with Crippen molar-refractivity contribution in [2.75, 3.05) is 0 Å². The molecule has 0 radical (unpaired) electrons. The molecule has 19 heavy (non-hydrogen) atoms. The maximum Gasteiger partial charge on any atom is 0.318 e. The number of carbonyl (C=O) groups is 2. The molecule has 0 spiro atoms.